The Morgan fingerprint density at radius 1 is 1.53 bits per heavy atom. The fraction of sp³-hybridized carbons (Fsp3) is 0.273. The van der Waals surface area contributed by atoms with Crippen molar-refractivity contribution in [3.63, 3.8) is 0 Å². The highest BCUT2D eigenvalue weighted by Gasteiger charge is 2.04. The van der Waals surface area contributed by atoms with Crippen molar-refractivity contribution in [1.82, 2.24) is 0 Å². The molecule has 1 aromatic carbocycles. The second kappa shape index (κ2) is 5.51. The minimum Gasteiger partial charge on any atom is -0.469 e. The molecule has 0 saturated heterocycles. The topological polar surface area (TPSA) is 43.4 Å². The lowest BCUT2D eigenvalue weighted by molar-refractivity contribution is -0.140. The molecule has 0 aromatic heterocycles. The Hall–Kier alpha value is -1.35. The maximum atomic E-state index is 10.9. The Morgan fingerprint density at radius 2 is 2.27 bits per heavy atom. The van der Waals surface area contributed by atoms with Crippen molar-refractivity contribution in [3.05, 3.63) is 34.3 Å². The van der Waals surface area contributed by atoms with Crippen LogP contribution in [-0.2, 0) is 16.0 Å². The van der Waals surface area contributed by atoms with Gasteiger partial charge >= 0.3 is 5.97 Å². The molecule has 0 radical (unpaired) electrons. The van der Waals surface area contributed by atoms with Crippen molar-refractivity contribution >= 4 is 23.9 Å². The van der Waals surface area contributed by atoms with Crippen molar-refractivity contribution in [2.45, 2.75) is 12.8 Å². The summed E-state index contributed by atoms with van der Waals surface area (Å²) in [6.45, 7) is 0. The van der Waals surface area contributed by atoms with E-state index in [1.54, 1.807) is 18.2 Å². The smallest absolute Gasteiger partial charge is 0.305 e. The Morgan fingerprint density at radius 3 is 2.87 bits per heavy atom. The quantitative estimate of drug-likeness (QED) is 0.584. The molecule has 1 rings (SSSR count). The Balaban J connectivity index is 2.70. The van der Waals surface area contributed by atoms with E-state index in [2.05, 4.69) is 4.74 Å². The average Bonchev–Trinajstić information content (AvgIpc) is 2.27. The van der Waals surface area contributed by atoms with Crippen LogP contribution in [0.2, 0.25) is 5.02 Å². The molecule has 3 nitrogen and oxygen atoms in total. The van der Waals surface area contributed by atoms with Crippen molar-refractivity contribution in [2.75, 3.05) is 7.11 Å². The number of benzene rings is 1. The summed E-state index contributed by atoms with van der Waals surface area (Å²) in [5.74, 6) is -0.266. The second-order valence-electron chi connectivity index (χ2n) is 3.05. The Kier molecular flexibility index (Phi) is 4.31. The van der Waals surface area contributed by atoms with E-state index >= 15 is 0 Å². The van der Waals surface area contributed by atoms with E-state index in [-0.39, 0.29) is 5.97 Å². The molecule has 80 valence electrons. The largest absolute Gasteiger partial charge is 0.469 e. The lowest BCUT2D eigenvalue weighted by atomic mass is 10.1. The van der Waals surface area contributed by atoms with E-state index in [0.29, 0.717) is 29.7 Å². The van der Waals surface area contributed by atoms with Gasteiger partial charge in [-0.15, -0.1) is 0 Å². The molecule has 0 aliphatic rings. The highest BCUT2D eigenvalue weighted by Crippen LogP contribution is 2.16. The van der Waals surface area contributed by atoms with Crippen LogP contribution in [-0.4, -0.2) is 19.4 Å². The van der Waals surface area contributed by atoms with Crippen molar-refractivity contribution in [1.29, 1.82) is 0 Å². The SMILES string of the molecule is COC(=O)CCc1ccc(Cl)c(C=O)c1. The van der Waals surface area contributed by atoms with E-state index in [9.17, 15) is 9.59 Å². The summed E-state index contributed by atoms with van der Waals surface area (Å²) >= 11 is 5.76. The van der Waals surface area contributed by atoms with Crippen LogP contribution in [0.25, 0.3) is 0 Å². The molecular formula is C11H11ClO3. The van der Waals surface area contributed by atoms with E-state index in [0.717, 1.165) is 5.56 Å². The summed E-state index contributed by atoms with van der Waals surface area (Å²) < 4.78 is 4.52. The van der Waals surface area contributed by atoms with Gasteiger partial charge in [-0.3, -0.25) is 9.59 Å². The number of carbonyl (C=O) groups is 2. The van der Waals surface area contributed by atoms with Gasteiger partial charge in [0.05, 0.1) is 12.1 Å². The number of halogens is 1. The van der Waals surface area contributed by atoms with Crippen molar-refractivity contribution < 1.29 is 14.3 Å². The van der Waals surface area contributed by atoms with Gasteiger partial charge in [-0.05, 0) is 24.1 Å². The molecule has 4 heteroatoms. The van der Waals surface area contributed by atoms with Gasteiger partial charge in [-0.25, -0.2) is 0 Å². The first-order valence-electron chi connectivity index (χ1n) is 4.47. The number of methoxy groups -OCH3 is 1. The zero-order valence-electron chi connectivity index (χ0n) is 8.33. The standard InChI is InChI=1S/C11H11ClO3/c1-15-11(14)5-3-8-2-4-10(12)9(6-8)7-13/h2,4,6-7H,3,5H2,1H3. The lowest BCUT2D eigenvalue weighted by Gasteiger charge is -2.02. The molecule has 0 heterocycles. The number of carbonyl (C=O) groups excluding carboxylic acids is 2. The summed E-state index contributed by atoms with van der Waals surface area (Å²) in [5, 5.41) is 0.423. The molecule has 0 aliphatic carbocycles. The summed E-state index contributed by atoms with van der Waals surface area (Å²) in [6, 6.07) is 5.12. The van der Waals surface area contributed by atoms with Crippen LogP contribution in [0.4, 0.5) is 0 Å². The van der Waals surface area contributed by atoms with Crippen LogP contribution in [0.15, 0.2) is 18.2 Å². The molecule has 0 unspecified atom stereocenters. The number of ether oxygens (including phenoxy) is 1. The summed E-state index contributed by atoms with van der Waals surface area (Å²) in [7, 11) is 1.35. The molecule has 0 aliphatic heterocycles. The molecule has 1 aromatic rings. The van der Waals surface area contributed by atoms with Gasteiger partial charge in [-0.2, -0.15) is 0 Å². The normalized spacial score (nSPS) is 9.73. The molecular weight excluding hydrogens is 216 g/mol. The van der Waals surface area contributed by atoms with Crippen LogP contribution in [0.3, 0.4) is 0 Å². The number of hydrogen-bond acceptors (Lipinski definition) is 3. The maximum Gasteiger partial charge on any atom is 0.305 e. The minimum atomic E-state index is -0.266. The highest BCUT2D eigenvalue weighted by molar-refractivity contribution is 6.32. The van der Waals surface area contributed by atoms with Gasteiger partial charge in [-0.1, -0.05) is 17.7 Å². The molecule has 0 atom stereocenters. The number of aryl methyl sites for hydroxylation is 1. The molecule has 0 fully saturated rings. The van der Waals surface area contributed by atoms with Gasteiger partial charge in [0.15, 0.2) is 6.29 Å². The summed E-state index contributed by atoms with van der Waals surface area (Å²) in [6.07, 6.45) is 1.55. The van der Waals surface area contributed by atoms with Gasteiger partial charge in [0.1, 0.15) is 0 Å². The van der Waals surface area contributed by atoms with Gasteiger partial charge in [0.2, 0.25) is 0 Å². The van der Waals surface area contributed by atoms with E-state index < -0.39 is 0 Å². The van der Waals surface area contributed by atoms with E-state index in [1.807, 2.05) is 0 Å². The fourth-order valence-corrected chi connectivity index (χ4v) is 1.35. The van der Waals surface area contributed by atoms with Crippen LogP contribution >= 0.6 is 11.6 Å². The highest BCUT2D eigenvalue weighted by atomic mass is 35.5. The first-order chi connectivity index (χ1) is 7.17. The van der Waals surface area contributed by atoms with E-state index in [1.165, 1.54) is 7.11 Å². The van der Waals surface area contributed by atoms with Crippen LogP contribution < -0.4 is 0 Å². The predicted molar refractivity (Wildman–Crippen MR) is 57.2 cm³/mol. The Labute approximate surface area is 93.0 Å². The summed E-state index contributed by atoms with van der Waals surface area (Å²) in [4.78, 5) is 21.5. The fourth-order valence-electron chi connectivity index (χ4n) is 1.19. The maximum absolute atomic E-state index is 10.9. The molecule has 0 spiro atoms. The third-order valence-electron chi connectivity index (χ3n) is 2.03. The monoisotopic (exact) mass is 226 g/mol. The zero-order chi connectivity index (χ0) is 11.3. The molecule has 15 heavy (non-hydrogen) atoms. The Bertz CT molecular complexity index is 374. The van der Waals surface area contributed by atoms with Gasteiger partial charge < -0.3 is 4.74 Å². The third kappa shape index (κ3) is 3.36. The van der Waals surface area contributed by atoms with Gasteiger partial charge in [0.25, 0.3) is 0 Å². The van der Waals surface area contributed by atoms with Crippen molar-refractivity contribution in [3.8, 4) is 0 Å². The molecule has 0 bridgehead atoms. The molecule has 0 saturated carbocycles. The number of rotatable bonds is 4. The van der Waals surface area contributed by atoms with Gasteiger partial charge in [0, 0.05) is 12.0 Å². The third-order valence-corrected chi connectivity index (χ3v) is 2.38. The zero-order valence-corrected chi connectivity index (χ0v) is 9.08. The van der Waals surface area contributed by atoms with Crippen LogP contribution in [0.1, 0.15) is 22.3 Å². The molecule has 0 amide bonds. The lowest BCUT2D eigenvalue weighted by Crippen LogP contribution is -2.02. The minimum absolute atomic E-state index is 0.266. The number of aldehydes is 1. The second-order valence-corrected chi connectivity index (χ2v) is 3.46. The van der Waals surface area contributed by atoms with Crippen molar-refractivity contribution in [2.24, 2.45) is 0 Å². The number of esters is 1. The first-order valence-corrected chi connectivity index (χ1v) is 4.85. The molecule has 0 N–H and O–H groups in total. The summed E-state index contributed by atoms with van der Waals surface area (Å²) in [5.41, 5.74) is 1.34. The average molecular weight is 227 g/mol. The van der Waals surface area contributed by atoms with Crippen LogP contribution in [0.5, 0.6) is 0 Å². The first kappa shape index (κ1) is 11.7. The van der Waals surface area contributed by atoms with Crippen LogP contribution in [0, 0.1) is 0 Å². The van der Waals surface area contributed by atoms with E-state index in [4.69, 9.17) is 11.6 Å². The predicted octanol–water partition coefficient (Wildman–Crippen LogP) is 2.26. The number of hydrogen-bond donors (Lipinski definition) is 0.